The van der Waals surface area contributed by atoms with Crippen molar-refractivity contribution in [3.05, 3.63) is 64.2 Å². The van der Waals surface area contributed by atoms with Crippen LogP contribution in [0.1, 0.15) is 48.2 Å². The fraction of sp³-hybridized carbons (Fsp3) is 0.375. The zero-order valence-corrected chi connectivity index (χ0v) is 18.9. The van der Waals surface area contributed by atoms with Crippen molar-refractivity contribution in [3.63, 3.8) is 0 Å². The minimum atomic E-state index is -0.709. The average molecular weight is 441 g/mol. The van der Waals surface area contributed by atoms with Gasteiger partial charge in [0.1, 0.15) is 6.04 Å². The summed E-state index contributed by atoms with van der Waals surface area (Å²) in [6.45, 7) is 8.03. The Morgan fingerprint density at radius 3 is 2.39 bits per heavy atom. The highest BCUT2D eigenvalue weighted by Crippen LogP contribution is 2.24. The number of carbonyl (C=O) groups is 2. The number of halogens is 1. The van der Waals surface area contributed by atoms with Gasteiger partial charge in [-0.15, -0.1) is 0 Å². The fourth-order valence-corrected chi connectivity index (χ4v) is 3.80. The molecule has 0 saturated carbocycles. The van der Waals surface area contributed by atoms with Crippen molar-refractivity contribution >= 4 is 35.3 Å². The number of aryl methyl sites for hydroxylation is 1. The first kappa shape index (κ1) is 22.8. The first-order valence-electron chi connectivity index (χ1n) is 10.6. The van der Waals surface area contributed by atoms with Gasteiger partial charge in [0, 0.05) is 29.4 Å². The van der Waals surface area contributed by atoms with E-state index in [2.05, 4.69) is 39.8 Å². The van der Waals surface area contributed by atoms with Gasteiger partial charge in [-0.1, -0.05) is 31.5 Å². The summed E-state index contributed by atoms with van der Waals surface area (Å²) in [6.07, 6.45) is 4.09. The number of carbonyl (C=O) groups excluding carboxylic acids is 2. The molecule has 7 heteroatoms. The fourth-order valence-electron chi connectivity index (χ4n) is 3.67. The molecule has 2 N–H and O–H groups in total. The highest BCUT2D eigenvalue weighted by molar-refractivity contribution is 6.30. The number of rotatable bonds is 7. The van der Waals surface area contributed by atoms with Gasteiger partial charge in [0.25, 0.3) is 11.8 Å². The molecule has 1 unspecified atom stereocenters. The summed E-state index contributed by atoms with van der Waals surface area (Å²) in [5, 5.41) is 7.42. The average Bonchev–Trinajstić information content (AvgIpc) is 3.26. The van der Waals surface area contributed by atoms with Crippen LogP contribution in [-0.2, 0) is 4.79 Å². The van der Waals surface area contributed by atoms with E-state index >= 15 is 0 Å². The van der Waals surface area contributed by atoms with Crippen molar-refractivity contribution in [2.45, 2.75) is 39.7 Å². The second kappa shape index (κ2) is 10.4. The number of nitrogens with zero attached hydrogens (tertiary/aromatic N) is 2. The number of benzene rings is 2. The Bertz CT molecular complexity index is 951. The lowest BCUT2D eigenvalue weighted by Gasteiger charge is -2.21. The second-order valence-corrected chi connectivity index (χ2v) is 8.61. The third-order valence-corrected chi connectivity index (χ3v) is 5.65. The van der Waals surface area contributed by atoms with Gasteiger partial charge in [-0.25, -0.2) is 5.43 Å². The maximum atomic E-state index is 12.6. The lowest BCUT2D eigenvalue weighted by molar-refractivity contribution is -0.123. The topological polar surface area (TPSA) is 73.8 Å². The molecule has 0 spiro atoms. The number of amides is 2. The highest BCUT2D eigenvalue weighted by Gasteiger charge is 2.24. The molecule has 0 radical (unpaired) electrons. The lowest BCUT2D eigenvalue weighted by Crippen LogP contribution is -2.48. The summed E-state index contributed by atoms with van der Waals surface area (Å²) < 4.78 is 0. The van der Waals surface area contributed by atoms with Crippen LogP contribution < -0.4 is 15.6 Å². The molecule has 164 valence electrons. The van der Waals surface area contributed by atoms with Crippen LogP contribution in [0.25, 0.3) is 0 Å². The molecular formula is C24H29ClN4O2. The number of hydrazone groups is 1. The van der Waals surface area contributed by atoms with Gasteiger partial charge in [-0.2, -0.15) is 5.10 Å². The van der Waals surface area contributed by atoms with Crippen LogP contribution in [0, 0.1) is 12.8 Å². The summed E-state index contributed by atoms with van der Waals surface area (Å²) in [7, 11) is 0. The van der Waals surface area contributed by atoms with Gasteiger partial charge in [-0.3, -0.25) is 9.59 Å². The van der Waals surface area contributed by atoms with Crippen LogP contribution in [0.3, 0.4) is 0 Å². The van der Waals surface area contributed by atoms with Crippen molar-refractivity contribution < 1.29 is 9.59 Å². The molecule has 2 aromatic carbocycles. The molecule has 0 aliphatic carbocycles. The van der Waals surface area contributed by atoms with Crippen LogP contribution >= 0.6 is 11.6 Å². The molecule has 1 fully saturated rings. The molecule has 3 rings (SSSR count). The number of hydrogen-bond donors (Lipinski definition) is 2. The minimum Gasteiger partial charge on any atom is -0.371 e. The van der Waals surface area contributed by atoms with E-state index in [1.165, 1.54) is 24.1 Å². The van der Waals surface area contributed by atoms with Gasteiger partial charge >= 0.3 is 0 Å². The third kappa shape index (κ3) is 6.07. The van der Waals surface area contributed by atoms with E-state index in [1.54, 1.807) is 30.5 Å². The Morgan fingerprint density at radius 2 is 1.77 bits per heavy atom. The van der Waals surface area contributed by atoms with Crippen molar-refractivity contribution in [1.82, 2.24) is 10.7 Å². The molecule has 2 amide bonds. The molecule has 1 aliphatic rings. The Balaban J connectivity index is 1.60. The van der Waals surface area contributed by atoms with Gasteiger partial charge in [0.2, 0.25) is 0 Å². The van der Waals surface area contributed by atoms with Crippen LogP contribution in [0.2, 0.25) is 5.02 Å². The van der Waals surface area contributed by atoms with Crippen LogP contribution in [0.4, 0.5) is 5.69 Å². The summed E-state index contributed by atoms with van der Waals surface area (Å²) in [6, 6.07) is 12.0. The number of anilines is 1. The first-order valence-corrected chi connectivity index (χ1v) is 11.0. The maximum Gasteiger partial charge on any atom is 0.262 e. The summed E-state index contributed by atoms with van der Waals surface area (Å²) in [5.41, 5.74) is 6.35. The molecular weight excluding hydrogens is 412 g/mol. The molecule has 0 aromatic heterocycles. The van der Waals surface area contributed by atoms with E-state index in [0.29, 0.717) is 10.6 Å². The third-order valence-electron chi connectivity index (χ3n) is 5.40. The molecule has 31 heavy (non-hydrogen) atoms. The maximum absolute atomic E-state index is 12.6. The molecule has 1 saturated heterocycles. The summed E-state index contributed by atoms with van der Waals surface area (Å²) in [5.74, 6) is -0.796. The van der Waals surface area contributed by atoms with E-state index in [1.807, 2.05) is 19.9 Å². The normalized spacial score (nSPS) is 14.8. The van der Waals surface area contributed by atoms with Gasteiger partial charge < -0.3 is 10.2 Å². The van der Waals surface area contributed by atoms with Crippen molar-refractivity contribution in [3.8, 4) is 0 Å². The zero-order valence-electron chi connectivity index (χ0n) is 18.2. The molecule has 1 heterocycles. The molecule has 1 atom stereocenters. The highest BCUT2D eigenvalue weighted by atomic mass is 35.5. The number of nitrogens with one attached hydrogen (secondary N) is 2. The summed E-state index contributed by atoms with van der Waals surface area (Å²) in [4.78, 5) is 27.5. The Hall–Kier alpha value is -2.86. The Labute approximate surface area is 188 Å². The monoisotopic (exact) mass is 440 g/mol. The quantitative estimate of drug-likeness (QED) is 0.501. The predicted octanol–water partition coefficient (Wildman–Crippen LogP) is 4.15. The van der Waals surface area contributed by atoms with E-state index in [4.69, 9.17) is 11.6 Å². The zero-order chi connectivity index (χ0) is 22.4. The van der Waals surface area contributed by atoms with Crippen molar-refractivity contribution in [2.75, 3.05) is 18.0 Å². The van der Waals surface area contributed by atoms with E-state index in [-0.39, 0.29) is 17.7 Å². The second-order valence-electron chi connectivity index (χ2n) is 8.18. The minimum absolute atomic E-state index is 0.103. The molecule has 1 aliphatic heterocycles. The van der Waals surface area contributed by atoms with E-state index in [9.17, 15) is 9.59 Å². The van der Waals surface area contributed by atoms with Gasteiger partial charge in [0.05, 0.1) is 6.21 Å². The predicted molar refractivity (Wildman–Crippen MR) is 126 cm³/mol. The van der Waals surface area contributed by atoms with Crippen molar-refractivity contribution in [2.24, 2.45) is 11.0 Å². The molecule has 2 aromatic rings. The van der Waals surface area contributed by atoms with Crippen LogP contribution in [0.5, 0.6) is 0 Å². The van der Waals surface area contributed by atoms with E-state index < -0.39 is 6.04 Å². The van der Waals surface area contributed by atoms with Gasteiger partial charge in [-0.05, 0) is 73.2 Å². The summed E-state index contributed by atoms with van der Waals surface area (Å²) >= 11 is 5.87. The first-order chi connectivity index (χ1) is 14.8. The molecule has 6 nitrogen and oxygen atoms in total. The standard InChI is InChI=1S/C24H29ClN4O2/c1-16(2)22(27-23(30)19-7-9-20(25)10-8-19)24(31)28-26-15-18-6-11-21(17(3)14-18)29-12-4-5-13-29/h6-11,14-16,22H,4-5,12-13H2,1-3H3,(H,27,30)(H,28,31). The number of hydrogen-bond acceptors (Lipinski definition) is 4. The SMILES string of the molecule is Cc1cc(C=NNC(=O)C(NC(=O)c2ccc(Cl)cc2)C(C)C)ccc1N1CCCC1. The van der Waals surface area contributed by atoms with Gasteiger partial charge in [0.15, 0.2) is 0 Å². The van der Waals surface area contributed by atoms with Crippen LogP contribution in [0.15, 0.2) is 47.6 Å². The van der Waals surface area contributed by atoms with Crippen LogP contribution in [-0.4, -0.2) is 37.2 Å². The Kier molecular flexibility index (Phi) is 7.69. The Morgan fingerprint density at radius 1 is 1.10 bits per heavy atom. The van der Waals surface area contributed by atoms with Crippen molar-refractivity contribution in [1.29, 1.82) is 0 Å². The lowest BCUT2D eigenvalue weighted by atomic mass is 10.0. The van der Waals surface area contributed by atoms with E-state index in [0.717, 1.165) is 18.7 Å². The smallest absolute Gasteiger partial charge is 0.262 e. The largest absolute Gasteiger partial charge is 0.371 e. The molecule has 0 bridgehead atoms.